The van der Waals surface area contributed by atoms with Gasteiger partial charge in [0.15, 0.2) is 0 Å². The molecule has 0 spiro atoms. The van der Waals surface area contributed by atoms with Crippen LogP contribution in [-0.2, 0) is 0 Å². The van der Waals surface area contributed by atoms with Gasteiger partial charge in [-0.05, 0) is 111 Å². The van der Waals surface area contributed by atoms with Crippen molar-refractivity contribution in [1.29, 1.82) is 0 Å². The van der Waals surface area contributed by atoms with Crippen molar-refractivity contribution in [2.75, 3.05) is 0 Å². The van der Waals surface area contributed by atoms with Crippen molar-refractivity contribution in [2.45, 2.75) is 13.8 Å². The standard InChI is InChI=1S/C20H14N4.2C10H9NO/c1-2-14-10-16-5-6-18(23-16)12-20-8-7-19(24-20)11-17-4-3-15(22-17)9-13(1)21-14;2*1-7-5-6-8-3-2-4-9(12)10(8)11-7/h1-12,21-22H;2*2-6,12H,1H3. The van der Waals surface area contributed by atoms with E-state index in [-0.39, 0.29) is 11.5 Å². The third-order valence-electron chi connectivity index (χ3n) is 7.72. The first kappa shape index (κ1) is 30.1. The molecule has 48 heavy (non-hydrogen) atoms. The second-order valence-electron chi connectivity index (χ2n) is 11.5. The van der Waals surface area contributed by atoms with Crippen molar-refractivity contribution >= 4 is 68.2 Å². The first-order valence-corrected chi connectivity index (χ1v) is 15.5. The van der Waals surface area contributed by atoms with E-state index in [0.29, 0.717) is 11.0 Å². The maximum atomic E-state index is 9.43. The predicted molar refractivity (Wildman–Crippen MR) is 195 cm³/mol. The molecule has 8 heteroatoms. The zero-order chi connectivity index (χ0) is 33.0. The Kier molecular flexibility index (Phi) is 8.20. The van der Waals surface area contributed by atoms with Gasteiger partial charge in [-0.1, -0.05) is 36.4 Å². The van der Waals surface area contributed by atoms with Crippen molar-refractivity contribution in [3.63, 3.8) is 0 Å². The first-order chi connectivity index (χ1) is 23.3. The van der Waals surface area contributed by atoms with Gasteiger partial charge < -0.3 is 20.2 Å². The highest BCUT2D eigenvalue weighted by Gasteiger charge is 2.03. The number of aromatic amines is 2. The summed E-state index contributed by atoms with van der Waals surface area (Å²) in [6, 6.07) is 35.0. The summed E-state index contributed by atoms with van der Waals surface area (Å²) in [4.78, 5) is 24.5. The second-order valence-corrected chi connectivity index (χ2v) is 11.5. The summed E-state index contributed by atoms with van der Waals surface area (Å²) in [6.07, 6.45) is 8.05. The summed E-state index contributed by atoms with van der Waals surface area (Å²) in [5, 5.41) is 20.8. The van der Waals surface area contributed by atoms with Crippen molar-refractivity contribution in [3.8, 4) is 11.5 Å². The van der Waals surface area contributed by atoms with Crippen LogP contribution in [0.1, 0.15) is 34.2 Å². The number of fused-ring (bicyclic) bond motifs is 10. The first-order valence-electron chi connectivity index (χ1n) is 15.5. The normalized spacial score (nSPS) is 11.5. The zero-order valence-corrected chi connectivity index (χ0v) is 26.4. The summed E-state index contributed by atoms with van der Waals surface area (Å²) < 4.78 is 0. The number of rotatable bonds is 0. The summed E-state index contributed by atoms with van der Waals surface area (Å²) >= 11 is 0. The summed E-state index contributed by atoms with van der Waals surface area (Å²) in [6.45, 7) is 3.82. The van der Waals surface area contributed by atoms with Gasteiger partial charge in [-0.25, -0.2) is 19.9 Å². The average molecular weight is 629 g/mol. The van der Waals surface area contributed by atoms with Crippen molar-refractivity contribution in [1.82, 2.24) is 29.9 Å². The second kappa shape index (κ2) is 13.1. The van der Waals surface area contributed by atoms with Crippen LogP contribution in [0.4, 0.5) is 0 Å². The fraction of sp³-hybridized carbons (Fsp3) is 0.0500. The molecule has 2 aliphatic heterocycles. The summed E-state index contributed by atoms with van der Waals surface area (Å²) in [7, 11) is 0. The van der Waals surface area contributed by atoms with Crippen molar-refractivity contribution in [3.05, 3.63) is 143 Å². The Hall–Kier alpha value is -6.54. The molecule has 9 rings (SSSR count). The molecule has 0 aliphatic carbocycles. The van der Waals surface area contributed by atoms with Crippen LogP contribution in [-0.4, -0.2) is 40.1 Å². The van der Waals surface area contributed by atoms with E-state index in [1.165, 1.54) is 0 Å². The minimum Gasteiger partial charge on any atom is -0.506 e. The largest absolute Gasteiger partial charge is 0.506 e. The van der Waals surface area contributed by atoms with Crippen molar-refractivity contribution in [2.24, 2.45) is 0 Å². The third kappa shape index (κ3) is 6.98. The molecule has 234 valence electrons. The summed E-state index contributed by atoms with van der Waals surface area (Å²) in [5.41, 5.74) is 11.1. The number of nitrogens with zero attached hydrogens (tertiary/aromatic N) is 4. The van der Waals surface area contributed by atoms with Crippen LogP contribution >= 0.6 is 0 Å². The molecule has 2 aromatic carbocycles. The van der Waals surface area contributed by atoms with E-state index in [0.717, 1.165) is 67.0 Å². The molecule has 2 aliphatic rings. The van der Waals surface area contributed by atoms with Gasteiger partial charge in [0.25, 0.3) is 0 Å². The molecule has 0 radical (unpaired) electrons. The van der Waals surface area contributed by atoms with Gasteiger partial charge in [-0.2, -0.15) is 0 Å². The van der Waals surface area contributed by atoms with E-state index in [4.69, 9.17) is 0 Å². The Balaban J connectivity index is 0.000000127. The van der Waals surface area contributed by atoms with Gasteiger partial charge in [0, 0.05) is 44.2 Å². The molecule has 8 nitrogen and oxygen atoms in total. The van der Waals surface area contributed by atoms with Crippen LogP contribution in [0.2, 0.25) is 0 Å². The van der Waals surface area contributed by atoms with Crippen LogP contribution in [0.5, 0.6) is 11.5 Å². The fourth-order valence-corrected chi connectivity index (χ4v) is 5.40. The van der Waals surface area contributed by atoms with Gasteiger partial charge in [-0.3, -0.25) is 0 Å². The highest BCUT2D eigenvalue weighted by atomic mass is 16.3. The van der Waals surface area contributed by atoms with Crippen LogP contribution < -0.4 is 0 Å². The molecule has 7 heterocycles. The Bertz CT molecular complexity index is 2350. The van der Waals surface area contributed by atoms with E-state index < -0.39 is 0 Å². The maximum absolute atomic E-state index is 9.43. The van der Waals surface area contributed by atoms with Gasteiger partial charge in [0.1, 0.15) is 22.5 Å². The maximum Gasteiger partial charge on any atom is 0.141 e. The third-order valence-corrected chi connectivity index (χ3v) is 7.72. The van der Waals surface area contributed by atoms with Gasteiger partial charge in [0.2, 0.25) is 0 Å². The van der Waals surface area contributed by atoms with E-state index in [9.17, 15) is 10.2 Å². The van der Waals surface area contributed by atoms with E-state index in [1.807, 2.05) is 105 Å². The minimum atomic E-state index is 0.246. The Labute approximate surface area is 276 Å². The zero-order valence-electron chi connectivity index (χ0n) is 26.4. The molecular formula is C40H32N6O2. The van der Waals surface area contributed by atoms with Crippen molar-refractivity contribution < 1.29 is 10.2 Å². The van der Waals surface area contributed by atoms with Gasteiger partial charge in [0.05, 0.1) is 22.8 Å². The number of hydrogen-bond acceptors (Lipinski definition) is 6. The molecule has 0 saturated carbocycles. The van der Waals surface area contributed by atoms with Crippen LogP contribution in [0.15, 0.2) is 109 Å². The van der Waals surface area contributed by atoms with Gasteiger partial charge in [-0.15, -0.1) is 0 Å². The molecule has 8 bridgehead atoms. The lowest BCUT2D eigenvalue weighted by molar-refractivity contribution is 0.480. The van der Waals surface area contributed by atoms with Gasteiger partial charge >= 0.3 is 0 Å². The molecule has 0 atom stereocenters. The number of aromatic hydroxyl groups is 2. The van der Waals surface area contributed by atoms with E-state index >= 15 is 0 Å². The smallest absolute Gasteiger partial charge is 0.141 e. The highest BCUT2D eigenvalue weighted by molar-refractivity contribution is 5.85. The molecular weight excluding hydrogens is 596 g/mol. The number of para-hydroxylation sites is 2. The molecule has 0 unspecified atom stereocenters. The number of aryl methyl sites for hydroxylation is 2. The topological polar surface area (TPSA) is 124 Å². The average Bonchev–Trinajstić information content (AvgIpc) is 3.90. The Morgan fingerprint density at radius 3 is 1.25 bits per heavy atom. The molecule has 0 fully saturated rings. The molecule has 7 aromatic rings. The fourth-order valence-electron chi connectivity index (χ4n) is 5.40. The molecule has 5 aromatic heterocycles. The van der Waals surface area contributed by atoms with Crippen LogP contribution in [0.3, 0.4) is 0 Å². The van der Waals surface area contributed by atoms with E-state index in [1.54, 1.807) is 12.1 Å². The van der Waals surface area contributed by atoms with E-state index in [2.05, 4.69) is 60.2 Å². The number of pyridine rings is 2. The highest BCUT2D eigenvalue weighted by Crippen LogP contribution is 2.23. The lowest BCUT2D eigenvalue weighted by Crippen LogP contribution is -1.82. The number of hydrogen-bond donors (Lipinski definition) is 4. The Morgan fingerprint density at radius 2 is 0.812 bits per heavy atom. The van der Waals surface area contributed by atoms with Crippen LogP contribution in [0, 0.1) is 13.8 Å². The number of H-pyrrole nitrogens is 2. The number of benzene rings is 2. The SMILES string of the molecule is C1=Cc2cc3ccc(cc4ccc(cc5nc(cc1n2)C=C5)[nH]4)[nH]3.Cc1ccc2cccc(O)c2n1.Cc1ccc2cccc(O)c2n1. The number of nitrogens with one attached hydrogen (secondary N) is 2. The lowest BCUT2D eigenvalue weighted by atomic mass is 10.2. The predicted octanol–water partition coefficient (Wildman–Crippen LogP) is 9.15. The molecule has 0 amide bonds. The number of phenols is 2. The lowest BCUT2D eigenvalue weighted by Gasteiger charge is -1.99. The van der Waals surface area contributed by atoms with Crippen LogP contribution in [0.25, 0.3) is 68.2 Å². The quantitative estimate of drug-likeness (QED) is 0.133. The monoisotopic (exact) mass is 628 g/mol. The minimum absolute atomic E-state index is 0.246. The Morgan fingerprint density at radius 1 is 0.417 bits per heavy atom. The number of phenolic OH excluding ortho intramolecular Hbond substituents is 2. The molecule has 4 N–H and O–H groups in total. The molecule has 0 saturated heterocycles. The number of aromatic nitrogens is 6. The summed E-state index contributed by atoms with van der Waals surface area (Å²) in [5.74, 6) is 0.493.